The molecule has 28 heavy (non-hydrogen) atoms. The molecule has 2 heterocycles. The minimum absolute atomic E-state index is 0.237. The zero-order valence-corrected chi connectivity index (χ0v) is 17.3. The van der Waals surface area contributed by atoms with Crippen LogP contribution in [0.4, 0.5) is 0 Å². The van der Waals surface area contributed by atoms with Crippen LogP contribution in [0.25, 0.3) is 21.3 Å². The van der Waals surface area contributed by atoms with E-state index >= 15 is 0 Å². The molecule has 0 aliphatic rings. The molecule has 0 spiro atoms. The van der Waals surface area contributed by atoms with E-state index < -0.39 is 12.0 Å². The number of thiophene rings is 1. The Morgan fingerprint density at radius 1 is 1.25 bits per heavy atom. The average Bonchev–Trinajstić information content (AvgIpc) is 3.03. The van der Waals surface area contributed by atoms with E-state index in [9.17, 15) is 9.59 Å². The highest BCUT2D eigenvalue weighted by atomic mass is 32.1. The van der Waals surface area contributed by atoms with Crippen molar-refractivity contribution in [2.45, 2.75) is 40.2 Å². The van der Waals surface area contributed by atoms with Gasteiger partial charge >= 0.3 is 5.97 Å². The van der Waals surface area contributed by atoms with Crippen LogP contribution in [0.5, 0.6) is 5.75 Å². The fourth-order valence-corrected chi connectivity index (χ4v) is 4.06. The maximum Gasteiger partial charge on any atom is 0.328 e. The molecular formula is C21H24N2O4S. The van der Waals surface area contributed by atoms with E-state index in [1.54, 1.807) is 6.92 Å². The zero-order valence-electron chi connectivity index (χ0n) is 16.5. The van der Waals surface area contributed by atoms with E-state index in [0.717, 1.165) is 28.2 Å². The third-order valence-electron chi connectivity index (χ3n) is 4.47. The molecule has 0 amide bonds. The lowest BCUT2D eigenvalue weighted by Gasteiger charge is -2.14. The third kappa shape index (κ3) is 3.80. The Balaban J connectivity index is 2.08. The van der Waals surface area contributed by atoms with Gasteiger partial charge in [-0.05, 0) is 44.9 Å². The summed E-state index contributed by atoms with van der Waals surface area (Å²) in [6.45, 7) is 8.42. The van der Waals surface area contributed by atoms with E-state index in [4.69, 9.17) is 9.47 Å². The van der Waals surface area contributed by atoms with Crippen LogP contribution in [0.3, 0.4) is 0 Å². The molecule has 0 bridgehead atoms. The van der Waals surface area contributed by atoms with Crippen LogP contribution in [0, 0.1) is 6.92 Å². The van der Waals surface area contributed by atoms with E-state index in [2.05, 4.69) is 4.98 Å². The number of rotatable bonds is 7. The zero-order chi connectivity index (χ0) is 20.3. The third-order valence-corrected chi connectivity index (χ3v) is 5.49. The highest BCUT2D eigenvalue weighted by Crippen LogP contribution is 2.36. The molecule has 0 aliphatic carbocycles. The fraction of sp³-hybridized carbons (Fsp3) is 0.381. The molecule has 0 saturated carbocycles. The van der Waals surface area contributed by atoms with Crippen molar-refractivity contribution in [3.63, 3.8) is 0 Å². The summed E-state index contributed by atoms with van der Waals surface area (Å²) in [5.74, 6) is 0.353. The fourth-order valence-electron chi connectivity index (χ4n) is 3.06. The van der Waals surface area contributed by atoms with Crippen LogP contribution < -0.4 is 10.3 Å². The summed E-state index contributed by atoms with van der Waals surface area (Å²) in [4.78, 5) is 31.5. The van der Waals surface area contributed by atoms with Gasteiger partial charge in [0.15, 0.2) is 0 Å². The van der Waals surface area contributed by atoms with Gasteiger partial charge in [-0.25, -0.2) is 9.78 Å². The van der Waals surface area contributed by atoms with Crippen molar-refractivity contribution in [3.8, 4) is 16.9 Å². The molecule has 1 atom stereocenters. The van der Waals surface area contributed by atoms with Gasteiger partial charge in [0.2, 0.25) is 0 Å². The van der Waals surface area contributed by atoms with Crippen LogP contribution in [0.1, 0.15) is 38.1 Å². The minimum Gasteiger partial charge on any atom is -0.494 e. The number of esters is 1. The molecule has 1 aromatic carbocycles. The Kier molecular flexibility index (Phi) is 6.14. The Labute approximate surface area is 167 Å². The highest BCUT2D eigenvalue weighted by molar-refractivity contribution is 7.19. The molecule has 6 nitrogen and oxygen atoms in total. The molecule has 7 heteroatoms. The minimum atomic E-state index is -0.732. The second-order valence-corrected chi connectivity index (χ2v) is 7.67. The molecule has 0 saturated heterocycles. The van der Waals surface area contributed by atoms with Crippen LogP contribution in [-0.2, 0) is 9.53 Å². The van der Waals surface area contributed by atoms with Crippen molar-refractivity contribution in [1.82, 2.24) is 9.55 Å². The monoisotopic (exact) mass is 400 g/mol. The summed E-state index contributed by atoms with van der Waals surface area (Å²) in [5.41, 5.74) is 1.54. The molecule has 3 aromatic rings. The molecular weight excluding hydrogens is 376 g/mol. The summed E-state index contributed by atoms with van der Waals surface area (Å²) >= 11 is 1.47. The molecule has 0 N–H and O–H groups in total. The number of benzene rings is 1. The molecule has 0 fully saturated rings. The number of fused-ring (bicyclic) bond motifs is 1. The van der Waals surface area contributed by atoms with Gasteiger partial charge in [-0.15, -0.1) is 11.3 Å². The first-order chi connectivity index (χ1) is 13.5. The van der Waals surface area contributed by atoms with Crippen molar-refractivity contribution in [2.24, 2.45) is 0 Å². The quantitative estimate of drug-likeness (QED) is 0.552. The second-order valence-electron chi connectivity index (χ2n) is 6.47. The maximum atomic E-state index is 13.2. The topological polar surface area (TPSA) is 70.4 Å². The van der Waals surface area contributed by atoms with E-state index in [1.807, 2.05) is 45.0 Å². The van der Waals surface area contributed by atoms with Crippen molar-refractivity contribution >= 4 is 27.5 Å². The molecule has 0 aliphatic heterocycles. The van der Waals surface area contributed by atoms with Gasteiger partial charge in [-0.1, -0.05) is 19.1 Å². The molecule has 1 unspecified atom stereocenters. The normalized spacial score (nSPS) is 12.1. The number of carbonyl (C=O) groups excluding carboxylic acids is 1. The Bertz CT molecular complexity index is 1040. The summed E-state index contributed by atoms with van der Waals surface area (Å²) in [6, 6.07) is 6.93. The smallest absolute Gasteiger partial charge is 0.328 e. The summed E-state index contributed by atoms with van der Waals surface area (Å²) < 4.78 is 12.0. The standard InChI is InChI=1S/C21H24N2O4S/c1-5-11-27-21(25)13(3)23-12-22-19-18(20(23)24)17(14(4)28-19)15-7-9-16(10-8-15)26-6-2/h7-10,12-13H,5-6,11H2,1-4H3. The number of aryl methyl sites for hydroxylation is 1. The first-order valence-corrected chi connectivity index (χ1v) is 10.2. The molecule has 148 valence electrons. The largest absolute Gasteiger partial charge is 0.494 e. The lowest BCUT2D eigenvalue weighted by atomic mass is 10.0. The van der Waals surface area contributed by atoms with Gasteiger partial charge in [0.25, 0.3) is 5.56 Å². The van der Waals surface area contributed by atoms with Gasteiger partial charge in [0.05, 0.1) is 24.9 Å². The van der Waals surface area contributed by atoms with E-state index in [1.165, 1.54) is 22.2 Å². The Morgan fingerprint density at radius 2 is 1.96 bits per heavy atom. The van der Waals surface area contributed by atoms with Crippen molar-refractivity contribution < 1.29 is 14.3 Å². The van der Waals surface area contributed by atoms with E-state index in [0.29, 0.717) is 23.4 Å². The van der Waals surface area contributed by atoms with Crippen molar-refractivity contribution in [1.29, 1.82) is 0 Å². The summed E-state index contributed by atoms with van der Waals surface area (Å²) in [6.07, 6.45) is 2.16. The predicted molar refractivity (Wildman–Crippen MR) is 111 cm³/mol. The number of hydrogen-bond donors (Lipinski definition) is 0. The Hall–Kier alpha value is -2.67. The van der Waals surface area contributed by atoms with Crippen LogP contribution in [0.2, 0.25) is 0 Å². The summed E-state index contributed by atoms with van der Waals surface area (Å²) in [7, 11) is 0. The number of hydrogen-bond acceptors (Lipinski definition) is 6. The first-order valence-electron chi connectivity index (χ1n) is 9.38. The maximum absolute atomic E-state index is 13.2. The van der Waals surface area contributed by atoms with Crippen LogP contribution in [-0.4, -0.2) is 28.7 Å². The lowest BCUT2D eigenvalue weighted by molar-refractivity contribution is -0.147. The van der Waals surface area contributed by atoms with Crippen LogP contribution >= 0.6 is 11.3 Å². The van der Waals surface area contributed by atoms with Crippen molar-refractivity contribution in [2.75, 3.05) is 13.2 Å². The second kappa shape index (κ2) is 8.56. The number of ether oxygens (including phenoxy) is 2. The number of nitrogens with zero attached hydrogens (tertiary/aromatic N) is 2. The van der Waals surface area contributed by atoms with Crippen LogP contribution in [0.15, 0.2) is 35.4 Å². The highest BCUT2D eigenvalue weighted by Gasteiger charge is 2.22. The first kappa shape index (κ1) is 20.1. The number of carbonyl (C=O) groups is 1. The van der Waals surface area contributed by atoms with Gasteiger partial charge in [-0.3, -0.25) is 9.36 Å². The van der Waals surface area contributed by atoms with Gasteiger partial charge in [0, 0.05) is 10.4 Å². The average molecular weight is 401 g/mol. The molecule has 3 rings (SSSR count). The SMILES string of the molecule is CCCOC(=O)C(C)n1cnc2sc(C)c(-c3ccc(OCC)cc3)c2c1=O. The molecule has 0 radical (unpaired) electrons. The van der Waals surface area contributed by atoms with Gasteiger partial charge in [0.1, 0.15) is 16.6 Å². The Morgan fingerprint density at radius 3 is 2.61 bits per heavy atom. The molecule has 2 aromatic heterocycles. The van der Waals surface area contributed by atoms with Crippen molar-refractivity contribution in [3.05, 3.63) is 45.8 Å². The van der Waals surface area contributed by atoms with Gasteiger partial charge < -0.3 is 9.47 Å². The predicted octanol–water partition coefficient (Wildman–Crippen LogP) is 4.35. The van der Waals surface area contributed by atoms with E-state index in [-0.39, 0.29) is 5.56 Å². The van der Waals surface area contributed by atoms with Gasteiger partial charge in [-0.2, -0.15) is 0 Å². The number of aromatic nitrogens is 2. The summed E-state index contributed by atoms with van der Waals surface area (Å²) in [5, 5.41) is 0.532. The lowest BCUT2D eigenvalue weighted by Crippen LogP contribution is -2.29.